The summed E-state index contributed by atoms with van der Waals surface area (Å²) in [7, 11) is 0. The van der Waals surface area contributed by atoms with Crippen LogP contribution < -0.4 is 10.6 Å². The lowest BCUT2D eigenvalue weighted by Crippen LogP contribution is -2.23. The molecule has 1 heterocycles. The molecule has 5 nitrogen and oxygen atoms in total. The van der Waals surface area contributed by atoms with Crippen LogP contribution >= 0.6 is 11.3 Å². The molecule has 138 valence electrons. The zero-order valence-electron chi connectivity index (χ0n) is 14.4. The Labute approximate surface area is 160 Å². The fourth-order valence-corrected chi connectivity index (χ4v) is 3.11. The van der Waals surface area contributed by atoms with Gasteiger partial charge in [0.2, 0.25) is 5.91 Å². The number of nitrogens with zero attached hydrogens (tertiary/aromatic N) is 1. The highest BCUT2D eigenvalue weighted by molar-refractivity contribution is 7.14. The van der Waals surface area contributed by atoms with Crippen LogP contribution in [0.4, 0.5) is 9.52 Å². The second-order valence-corrected chi connectivity index (χ2v) is 6.73. The first-order chi connectivity index (χ1) is 13.1. The molecular weight excluding hydrogens is 365 g/mol. The van der Waals surface area contributed by atoms with Crippen LogP contribution in [0.15, 0.2) is 60.0 Å². The SMILES string of the molecule is O=C(CCc1csc(NC(=O)c2ccccc2)n1)NCc1ccc(F)cc1. The number of benzene rings is 2. The van der Waals surface area contributed by atoms with Crippen LogP contribution in [-0.2, 0) is 17.8 Å². The molecule has 0 spiro atoms. The van der Waals surface area contributed by atoms with Crippen LogP contribution in [0.3, 0.4) is 0 Å². The van der Waals surface area contributed by atoms with E-state index in [1.54, 1.807) is 36.4 Å². The number of aromatic nitrogens is 1. The molecule has 7 heteroatoms. The molecule has 0 unspecified atom stereocenters. The summed E-state index contributed by atoms with van der Waals surface area (Å²) < 4.78 is 12.9. The van der Waals surface area contributed by atoms with Crippen LogP contribution in [0, 0.1) is 5.82 Å². The van der Waals surface area contributed by atoms with E-state index in [0.717, 1.165) is 11.3 Å². The van der Waals surface area contributed by atoms with Gasteiger partial charge in [-0.05, 0) is 36.2 Å². The molecule has 0 saturated carbocycles. The van der Waals surface area contributed by atoms with Gasteiger partial charge in [0.25, 0.3) is 5.91 Å². The van der Waals surface area contributed by atoms with Gasteiger partial charge in [-0.1, -0.05) is 30.3 Å². The van der Waals surface area contributed by atoms with E-state index >= 15 is 0 Å². The van der Waals surface area contributed by atoms with Crippen molar-refractivity contribution in [3.63, 3.8) is 0 Å². The molecule has 3 rings (SSSR count). The van der Waals surface area contributed by atoms with Crippen molar-refractivity contribution in [1.29, 1.82) is 0 Å². The second-order valence-electron chi connectivity index (χ2n) is 5.87. The average molecular weight is 383 g/mol. The van der Waals surface area contributed by atoms with Crippen molar-refractivity contribution in [3.05, 3.63) is 82.6 Å². The molecular formula is C20H18FN3O2S. The summed E-state index contributed by atoms with van der Waals surface area (Å²) in [4.78, 5) is 28.4. The van der Waals surface area contributed by atoms with E-state index in [1.807, 2.05) is 11.4 Å². The van der Waals surface area contributed by atoms with E-state index in [9.17, 15) is 14.0 Å². The number of hydrogen-bond donors (Lipinski definition) is 2. The molecule has 0 aliphatic rings. The molecule has 0 aliphatic carbocycles. The lowest BCUT2D eigenvalue weighted by atomic mass is 10.2. The number of aryl methyl sites for hydroxylation is 1. The predicted molar refractivity (Wildman–Crippen MR) is 103 cm³/mol. The lowest BCUT2D eigenvalue weighted by molar-refractivity contribution is -0.121. The summed E-state index contributed by atoms with van der Waals surface area (Å²) in [6.07, 6.45) is 0.768. The summed E-state index contributed by atoms with van der Waals surface area (Å²) in [6, 6.07) is 14.9. The normalized spacial score (nSPS) is 10.4. The van der Waals surface area contributed by atoms with E-state index in [0.29, 0.717) is 23.7 Å². The van der Waals surface area contributed by atoms with E-state index in [-0.39, 0.29) is 24.1 Å². The van der Waals surface area contributed by atoms with Crippen LogP contribution in [-0.4, -0.2) is 16.8 Å². The average Bonchev–Trinajstić information content (AvgIpc) is 3.14. The molecule has 2 N–H and O–H groups in total. The Balaban J connectivity index is 1.44. The molecule has 27 heavy (non-hydrogen) atoms. The summed E-state index contributed by atoms with van der Waals surface area (Å²) >= 11 is 1.33. The van der Waals surface area contributed by atoms with Gasteiger partial charge in [0.15, 0.2) is 5.13 Å². The van der Waals surface area contributed by atoms with Crippen LogP contribution in [0.5, 0.6) is 0 Å². The van der Waals surface area contributed by atoms with Crippen molar-refractivity contribution in [3.8, 4) is 0 Å². The molecule has 0 aliphatic heterocycles. The van der Waals surface area contributed by atoms with Crippen molar-refractivity contribution < 1.29 is 14.0 Å². The molecule has 0 radical (unpaired) electrons. The van der Waals surface area contributed by atoms with Gasteiger partial charge in [-0.15, -0.1) is 11.3 Å². The maximum absolute atomic E-state index is 12.9. The smallest absolute Gasteiger partial charge is 0.257 e. The van der Waals surface area contributed by atoms with Crippen molar-refractivity contribution in [2.75, 3.05) is 5.32 Å². The monoisotopic (exact) mass is 383 g/mol. The van der Waals surface area contributed by atoms with Gasteiger partial charge in [-0.2, -0.15) is 0 Å². The molecule has 0 bridgehead atoms. The molecule has 1 aromatic heterocycles. The third-order valence-electron chi connectivity index (χ3n) is 3.82. The largest absolute Gasteiger partial charge is 0.352 e. The van der Waals surface area contributed by atoms with E-state index in [1.165, 1.54) is 23.5 Å². The first-order valence-corrected chi connectivity index (χ1v) is 9.30. The second kappa shape index (κ2) is 9.05. The van der Waals surface area contributed by atoms with Gasteiger partial charge in [0, 0.05) is 23.9 Å². The fraction of sp³-hybridized carbons (Fsp3) is 0.150. The first kappa shape index (κ1) is 18.7. The Morgan fingerprint density at radius 3 is 2.52 bits per heavy atom. The maximum Gasteiger partial charge on any atom is 0.257 e. The third kappa shape index (κ3) is 5.72. The molecule has 3 aromatic rings. The Kier molecular flexibility index (Phi) is 6.27. The minimum absolute atomic E-state index is 0.109. The first-order valence-electron chi connectivity index (χ1n) is 8.42. The Morgan fingerprint density at radius 2 is 1.78 bits per heavy atom. The minimum atomic E-state index is -0.302. The van der Waals surface area contributed by atoms with Gasteiger partial charge in [0.1, 0.15) is 5.82 Å². The quantitative estimate of drug-likeness (QED) is 0.652. The Morgan fingerprint density at radius 1 is 1.04 bits per heavy atom. The van der Waals surface area contributed by atoms with Gasteiger partial charge in [-0.3, -0.25) is 14.9 Å². The van der Waals surface area contributed by atoms with Crippen molar-refractivity contribution in [2.45, 2.75) is 19.4 Å². The zero-order valence-corrected chi connectivity index (χ0v) is 15.3. The molecule has 2 amide bonds. The standard InChI is InChI=1S/C20H18FN3O2S/c21-16-8-6-14(7-9-16)12-22-18(25)11-10-17-13-27-20(23-17)24-19(26)15-4-2-1-3-5-15/h1-9,13H,10-12H2,(H,22,25)(H,23,24,26). The highest BCUT2D eigenvalue weighted by Gasteiger charge is 2.10. The highest BCUT2D eigenvalue weighted by Crippen LogP contribution is 2.17. The number of anilines is 1. The van der Waals surface area contributed by atoms with Crippen LogP contribution in [0.1, 0.15) is 28.0 Å². The maximum atomic E-state index is 12.9. The lowest BCUT2D eigenvalue weighted by Gasteiger charge is -2.04. The number of rotatable bonds is 7. The molecule has 2 aromatic carbocycles. The van der Waals surface area contributed by atoms with Crippen LogP contribution in [0.2, 0.25) is 0 Å². The molecule has 0 fully saturated rings. The number of hydrogen-bond acceptors (Lipinski definition) is 4. The highest BCUT2D eigenvalue weighted by atomic mass is 32.1. The van der Waals surface area contributed by atoms with Crippen LogP contribution in [0.25, 0.3) is 0 Å². The summed E-state index contributed by atoms with van der Waals surface area (Å²) in [6.45, 7) is 0.356. The molecule has 0 saturated heterocycles. The van der Waals surface area contributed by atoms with Gasteiger partial charge >= 0.3 is 0 Å². The number of amides is 2. The topological polar surface area (TPSA) is 71.1 Å². The minimum Gasteiger partial charge on any atom is -0.352 e. The van der Waals surface area contributed by atoms with Crippen molar-refractivity contribution in [2.24, 2.45) is 0 Å². The Bertz CT molecular complexity index is 910. The van der Waals surface area contributed by atoms with Crippen molar-refractivity contribution >= 4 is 28.3 Å². The third-order valence-corrected chi connectivity index (χ3v) is 4.63. The Hall–Kier alpha value is -3.06. The fourth-order valence-electron chi connectivity index (χ4n) is 2.37. The van der Waals surface area contributed by atoms with Gasteiger partial charge in [-0.25, -0.2) is 9.37 Å². The van der Waals surface area contributed by atoms with Gasteiger partial charge < -0.3 is 5.32 Å². The number of halogens is 1. The number of thiazole rings is 1. The number of carbonyl (C=O) groups excluding carboxylic acids is 2. The number of nitrogens with one attached hydrogen (secondary N) is 2. The molecule has 0 atom stereocenters. The summed E-state index contributed by atoms with van der Waals surface area (Å²) in [5.74, 6) is -0.625. The summed E-state index contributed by atoms with van der Waals surface area (Å²) in [5.41, 5.74) is 2.15. The van der Waals surface area contributed by atoms with Crippen molar-refractivity contribution in [1.82, 2.24) is 10.3 Å². The zero-order chi connectivity index (χ0) is 19.1. The van der Waals surface area contributed by atoms with Gasteiger partial charge in [0.05, 0.1) is 5.69 Å². The van der Waals surface area contributed by atoms with E-state index < -0.39 is 0 Å². The van der Waals surface area contributed by atoms with E-state index in [4.69, 9.17) is 0 Å². The summed E-state index contributed by atoms with van der Waals surface area (Å²) in [5, 5.41) is 7.88. The predicted octanol–water partition coefficient (Wildman–Crippen LogP) is 3.78. The number of carbonyl (C=O) groups is 2. The van der Waals surface area contributed by atoms with E-state index in [2.05, 4.69) is 15.6 Å².